The summed E-state index contributed by atoms with van der Waals surface area (Å²) in [5.41, 5.74) is 0. The summed E-state index contributed by atoms with van der Waals surface area (Å²) in [5, 5.41) is 0. The summed E-state index contributed by atoms with van der Waals surface area (Å²) < 4.78 is 5.95. The first-order valence-corrected chi connectivity index (χ1v) is 5.42. The predicted octanol–water partition coefficient (Wildman–Crippen LogP) is -1.18. The van der Waals surface area contributed by atoms with Crippen molar-refractivity contribution in [2.24, 2.45) is 0 Å². The van der Waals surface area contributed by atoms with Crippen molar-refractivity contribution in [3.8, 4) is 0 Å². The molecule has 92 valence electrons. The highest BCUT2D eigenvalue weighted by Gasteiger charge is 2.08. The van der Waals surface area contributed by atoms with E-state index in [1.54, 1.807) is 0 Å². The summed E-state index contributed by atoms with van der Waals surface area (Å²) >= 11 is 0. The number of hydrogen-bond acceptors (Lipinski definition) is 2. The van der Waals surface area contributed by atoms with Crippen molar-refractivity contribution in [3.05, 3.63) is 0 Å². The second kappa shape index (κ2) is 9.39. The number of ether oxygens (including phenoxy) is 1. The lowest BCUT2D eigenvalue weighted by molar-refractivity contribution is -0.870. The van der Waals surface area contributed by atoms with Gasteiger partial charge in [-0.25, -0.2) is 0 Å². The van der Waals surface area contributed by atoms with Crippen molar-refractivity contribution in [2.75, 3.05) is 34.3 Å². The number of halogens is 1. The van der Waals surface area contributed by atoms with E-state index in [0.29, 0.717) is 13.0 Å². The van der Waals surface area contributed by atoms with E-state index in [1.807, 2.05) is 0 Å². The smallest absolute Gasteiger partial charge is 0.305 e. The fourth-order valence-corrected chi connectivity index (χ4v) is 1.02. The Morgan fingerprint density at radius 2 is 1.80 bits per heavy atom. The Kier molecular flexibility index (Phi) is 11.0. The van der Waals surface area contributed by atoms with Crippen molar-refractivity contribution in [3.63, 3.8) is 0 Å². The molecule has 0 saturated heterocycles. The lowest BCUT2D eigenvalue weighted by atomic mass is 10.2. The van der Waals surface area contributed by atoms with Crippen molar-refractivity contribution < 1.29 is 38.0 Å². The highest BCUT2D eigenvalue weighted by molar-refractivity contribution is 5.69. The molecule has 0 aliphatic rings. The van der Waals surface area contributed by atoms with Gasteiger partial charge in [-0.05, 0) is 6.42 Å². The molecular weight excluding hydrogens is 305 g/mol. The Morgan fingerprint density at radius 3 is 2.27 bits per heavy atom. The number of esters is 1. The first-order chi connectivity index (χ1) is 6.45. The third-order valence-corrected chi connectivity index (χ3v) is 2.01. The van der Waals surface area contributed by atoms with Crippen LogP contribution in [0.5, 0.6) is 0 Å². The topological polar surface area (TPSA) is 26.3 Å². The minimum Gasteiger partial charge on any atom is -1.00 e. The van der Waals surface area contributed by atoms with Crippen LogP contribution < -0.4 is 24.0 Å². The van der Waals surface area contributed by atoms with Gasteiger partial charge in [0.2, 0.25) is 0 Å². The van der Waals surface area contributed by atoms with Gasteiger partial charge in [0.15, 0.2) is 0 Å². The van der Waals surface area contributed by atoms with E-state index in [9.17, 15) is 4.79 Å². The van der Waals surface area contributed by atoms with Crippen LogP contribution in [0.3, 0.4) is 0 Å². The lowest BCUT2D eigenvalue weighted by Gasteiger charge is -2.23. The van der Waals surface area contributed by atoms with Gasteiger partial charge in [0.05, 0.1) is 21.1 Å². The van der Waals surface area contributed by atoms with E-state index in [2.05, 4.69) is 28.1 Å². The quantitative estimate of drug-likeness (QED) is 0.254. The Balaban J connectivity index is 0. The molecule has 0 atom stereocenters. The highest BCUT2D eigenvalue weighted by Crippen LogP contribution is 2.00. The standard InChI is InChI=1S/C11H24NO2.HI/c1-5-6-7-8-11(13)14-10-9-12(2,3)4;/h5-10H2,1-4H3;1H/q+1;/p-1. The predicted molar refractivity (Wildman–Crippen MR) is 58.0 cm³/mol. The van der Waals surface area contributed by atoms with Gasteiger partial charge in [-0.3, -0.25) is 4.79 Å². The van der Waals surface area contributed by atoms with Gasteiger partial charge in [0.25, 0.3) is 0 Å². The molecule has 0 saturated carbocycles. The van der Waals surface area contributed by atoms with Crippen LogP contribution in [0, 0.1) is 0 Å². The van der Waals surface area contributed by atoms with Crippen LogP contribution in [0.2, 0.25) is 0 Å². The molecule has 0 spiro atoms. The van der Waals surface area contributed by atoms with Crippen LogP contribution in [0.15, 0.2) is 0 Å². The molecule has 0 radical (unpaired) electrons. The van der Waals surface area contributed by atoms with E-state index in [-0.39, 0.29) is 29.9 Å². The van der Waals surface area contributed by atoms with Crippen molar-refractivity contribution in [1.82, 2.24) is 0 Å². The van der Waals surface area contributed by atoms with Crippen molar-refractivity contribution in [1.29, 1.82) is 0 Å². The second-order valence-corrected chi connectivity index (χ2v) is 4.69. The minimum atomic E-state index is -0.0492. The average molecular weight is 329 g/mol. The number of hydrogen-bond donors (Lipinski definition) is 0. The SMILES string of the molecule is CCCCCC(=O)OCC[N+](C)(C)C.[I-]. The molecule has 0 aromatic rings. The zero-order chi connectivity index (χ0) is 11.0. The summed E-state index contributed by atoms with van der Waals surface area (Å²) in [7, 11) is 6.26. The van der Waals surface area contributed by atoms with Gasteiger partial charge in [-0.1, -0.05) is 19.8 Å². The number of carbonyl (C=O) groups is 1. The molecule has 0 rings (SSSR count). The average Bonchev–Trinajstić information content (AvgIpc) is 2.02. The monoisotopic (exact) mass is 329 g/mol. The molecule has 4 heteroatoms. The molecule has 0 aliphatic heterocycles. The zero-order valence-electron chi connectivity index (χ0n) is 10.4. The number of likely N-dealkylation sites (N-methyl/N-ethyl adjacent to an activating group) is 1. The maximum absolute atomic E-state index is 11.2. The number of rotatable bonds is 7. The molecule has 0 N–H and O–H groups in total. The van der Waals surface area contributed by atoms with Gasteiger partial charge < -0.3 is 33.2 Å². The first-order valence-electron chi connectivity index (χ1n) is 5.42. The Morgan fingerprint density at radius 1 is 1.20 bits per heavy atom. The van der Waals surface area contributed by atoms with Crippen LogP contribution in [0.4, 0.5) is 0 Å². The summed E-state index contributed by atoms with van der Waals surface area (Å²) in [4.78, 5) is 11.2. The molecule has 0 fully saturated rings. The van der Waals surface area contributed by atoms with Gasteiger partial charge in [0.1, 0.15) is 13.2 Å². The molecule has 0 aromatic heterocycles. The number of nitrogens with zero attached hydrogens (tertiary/aromatic N) is 1. The zero-order valence-corrected chi connectivity index (χ0v) is 12.5. The molecule has 0 amide bonds. The molecular formula is C11H24INO2. The van der Waals surface area contributed by atoms with Crippen LogP contribution in [0.1, 0.15) is 32.6 Å². The third kappa shape index (κ3) is 14.2. The van der Waals surface area contributed by atoms with Crippen molar-refractivity contribution in [2.45, 2.75) is 32.6 Å². The summed E-state index contributed by atoms with van der Waals surface area (Å²) in [6.45, 7) is 3.54. The van der Waals surface area contributed by atoms with Crippen LogP contribution in [-0.4, -0.2) is 44.7 Å². The molecule has 0 bridgehead atoms. The van der Waals surface area contributed by atoms with E-state index in [1.165, 1.54) is 0 Å². The molecule has 3 nitrogen and oxygen atoms in total. The van der Waals surface area contributed by atoms with E-state index in [4.69, 9.17) is 4.74 Å². The lowest BCUT2D eigenvalue weighted by Crippen LogP contribution is -3.00. The fraction of sp³-hybridized carbons (Fsp3) is 0.909. The van der Waals surface area contributed by atoms with E-state index in [0.717, 1.165) is 30.3 Å². The summed E-state index contributed by atoms with van der Waals surface area (Å²) in [5.74, 6) is -0.0492. The summed E-state index contributed by atoms with van der Waals surface area (Å²) in [6.07, 6.45) is 3.79. The number of unbranched alkanes of at least 4 members (excludes halogenated alkanes) is 2. The van der Waals surface area contributed by atoms with Crippen LogP contribution >= 0.6 is 0 Å². The molecule has 0 aromatic carbocycles. The summed E-state index contributed by atoms with van der Waals surface area (Å²) in [6, 6.07) is 0. The molecule has 0 unspecified atom stereocenters. The number of carbonyl (C=O) groups excluding carboxylic acids is 1. The fourth-order valence-electron chi connectivity index (χ4n) is 1.02. The Labute approximate surface area is 111 Å². The number of quaternary nitrogens is 1. The van der Waals surface area contributed by atoms with Gasteiger partial charge in [0, 0.05) is 6.42 Å². The van der Waals surface area contributed by atoms with Gasteiger partial charge in [-0.15, -0.1) is 0 Å². The van der Waals surface area contributed by atoms with Gasteiger partial charge in [-0.2, -0.15) is 0 Å². The minimum absolute atomic E-state index is 0. The Hall–Kier alpha value is 0.160. The van der Waals surface area contributed by atoms with Gasteiger partial charge >= 0.3 is 5.97 Å². The first kappa shape index (κ1) is 17.6. The normalized spacial score (nSPS) is 10.7. The second-order valence-electron chi connectivity index (χ2n) is 4.69. The third-order valence-electron chi connectivity index (χ3n) is 2.01. The maximum Gasteiger partial charge on any atom is 0.305 e. The van der Waals surface area contributed by atoms with E-state index < -0.39 is 0 Å². The molecule has 0 heterocycles. The van der Waals surface area contributed by atoms with Crippen LogP contribution in [0.25, 0.3) is 0 Å². The van der Waals surface area contributed by atoms with Crippen molar-refractivity contribution >= 4 is 5.97 Å². The van der Waals surface area contributed by atoms with Crippen LogP contribution in [-0.2, 0) is 9.53 Å². The molecule has 15 heavy (non-hydrogen) atoms. The van der Waals surface area contributed by atoms with E-state index >= 15 is 0 Å². The Bertz CT molecular complexity index is 166. The molecule has 0 aliphatic carbocycles. The highest BCUT2D eigenvalue weighted by atomic mass is 127. The maximum atomic E-state index is 11.2. The largest absolute Gasteiger partial charge is 1.00 e.